The molecule has 0 saturated carbocycles. The molecule has 1 rings (SSSR count). The van der Waals surface area contributed by atoms with E-state index in [2.05, 4.69) is 6.58 Å². The molecule has 0 radical (unpaired) electrons. The number of benzene rings is 1. The Morgan fingerprint density at radius 2 is 1.35 bits per heavy atom. The Kier molecular flexibility index (Phi) is 4.00. The van der Waals surface area contributed by atoms with Gasteiger partial charge in [0.2, 0.25) is 9.84 Å². The highest BCUT2D eigenvalue weighted by Crippen LogP contribution is 2.30. The average molecular weight is 343 g/mol. The molecule has 12 heteroatoms. The molecule has 0 fully saturated rings. The summed E-state index contributed by atoms with van der Waals surface area (Å²) in [5.74, 6) is 0. The van der Waals surface area contributed by atoms with Gasteiger partial charge in [-0.05, 0) is 12.1 Å². The molecule has 0 amide bonds. The summed E-state index contributed by atoms with van der Waals surface area (Å²) in [6.07, 6.45) is 0. The first kappa shape index (κ1) is 16.6. The lowest BCUT2D eigenvalue weighted by Crippen LogP contribution is -2.12. The van der Waals surface area contributed by atoms with Gasteiger partial charge in [0, 0.05) is 5.41 Å². The lowest BCUT2D eigenvalue weighted by atomic mass is 10.3. The number of nitrogen functional groups attached to an aromatic ring is 1. The maximum atomic E-state index is 11.6. The molecule has 0 aliphatic heterocycles. The SMILES string of the molecule is C=CS(=O)(=O)c1cc(S(=O)(=O)O)c(N)cc1S(=O)(=O)O. The number of nitrogens with two attached hydrogens (primary N) is 1. The van der Waals surface area contributed by atoms with Crippen LogP contribution in [-0.2, 0) is 30.1 Å². The first-order chi connectivity index (χ1) is 8.80. The fourth-order valence-electron chi connectivity index (χ4n) is 1.29. The van der Waals surface area contributed by atoms with Crippen molar-refractivity contribution in [3.8, 4) is 0 Å². The van der Waals surface area contributed by atoms with Crippen LogP contribution >= 0.6 is 0 Å². The Bertz CT molecular complexity index is 880. The van der Waals surface area contributed by atoms with Gasteiger partial charge in [-0.2, -0.15) is 16.8 Å². The maximum absolute atomic E-state index is 11.6. The van der Waals surface area contributed by atoms with Crippen LogP contribution in [0.4, 0.5) is 5.69 Å². The van der Waals surface area contributed by atoms with Crippen LogP contribution in [0.5, 0.6) is 0 Å². The van der Waals surface area contributed by atoms with Crippen molar-refractivity contribution in [2.75, 3.05) is 5.73 Å². The van der Waals surface area contributed by atoms with E-state index in [1.165, 1.54) is 0 Å². The first-order valence-corrected chi connectivity index (χ1v) is 8.99. The molecule has 0 saturated heterocycles. The fraction of sp³-hybridized carbons (Fsp3) is 0. The van der Waals surface area contributed by atoms with Gasteiger partial charge in [-0.1, -0.05) is 6.58 Å². The molecular formula is C8H9NO8S3. The van der Waals surface area contributed by atoms with Crippen LogP contribution in [0.15, 0.2) is 38.8 Å². The third kappa shape index (κ3) is 3.16. The summed E-state index contributed by atoms with van der Waals surface area (Å²) in [5.41, 5.74) is 4.48. The van der Waals surface area contributed by atoms with Crippen LogP contribution in [0.3, 0.4) is 0 Å². The van der Waals surface area contributed by atoms with Gasteiger partial charge in [0.05, 0.1) is 10.6 Å². The van der Waals surface area contributed by atoms with Crippen molar-refractivity contribution in [1.29, 1.82) is 0 Å². The highest BCUT2D eigenvalue weighted by molar-refractivity contribution is 7.95. The van der Waals surface area contributed by atoms with Gasteiger partial charge >= 0.3 is 0 Å². The van der Waals surface area contributed by atoms with Crippen LogP contribution in [0.25, 0.3) is 0 Å². The largest absolute Gasteiger partial charge is 0.398 e. The fourth-order valence-corrected chi connectivity index (χ4v) is 4.05. The topological polar surface area (TPSA) is 169 Å². The Balaban J connectivity index is 4.03. The van der Waals surface area contributed by atoms with Crippen LogP contribution in [0.2, 0.25) is 0 Å². The number of hydrogen-bond acceptors (Lipinski definition) is 7. The minimum atomic E-state index is -4.99. The molecule has 1 aromatic carbocycles. The van der Waals surface area contributed by atoms with Crippen molar-refractivity contribution in [1.82, 2.24) is 0 Å². The van der Waals surface area contributed by atoms with Crippen molar-refractivity contribution in [2.45, 2.75) is 14.7 Å². The number of anilines is 1. The Morgan fingerprint density at radius 1 is 0.900 bits per heavy atom. The molecule has 0 atom stereocenters. The van der Waals surface area contributed by atoms with E-state index in [-0.39, 0.29) is 0 Å². The van der Waals surface area contributed by atoms with E-state index in [0.717, 1.165) is 0 Å². The van der Waals surface area contributed by atoms with E-state index < -0.39 is 50.4 Å². The van der Waals surface area contributed by atoms with Crippen molar-refractivity contribution in [3.63, 3.8) is 0 Å². The molecular weight excluding hydrogens is 334 g/mol. The van der Waals surface area contributed by atoms with Crippen molar-refractivity contribution in [3.05, 3.63) is 24.1 Å². The molecule has 112 valence electrons. The summed E-state index contributed by atoms with van der Waals surface area (Å²) in [7, 11) is -14.3. The van der Waals surface area contributed by atoms with Gasteiger partial charge < -0.3 is 5.73 Å². The zero-order valence-electron chi connectivity index (χ0n) is 9.59. The number of rotatable bonds is 4. The Morgan fingerprint density at radius 3 is 1.70 bits per heavy atom. The van der Waals surface area contributed by atoms with E-state index in [0.29, 0.717) is 17.5 Å². The molecule has 0 heterocycles. The molecule has 20 heavy (non-hydrogen) atoms. The normalized spacial score (nSPS) is 13.1. The van der Waals surface area contributed by atoms with Crippen molar-refractivity contribution in [2.24, 2.45) is 0 Å². The predicted molar refractivity (Wildman–Crippen MR) is 67.9 cm³/mol. The average Bonchev–Trinajstić information content (AvgIpc) is 2.25. The summed E-state index contributed by atoms with van der Waals surface area (Å²) >= 11 is 0. The minimum Gasteiger partial charge on any atom is -0.398 e. The molecule has 4 N–H and O–H groups in total. The quantitative estimate of drug-likeness (QED) is 0.489. The van der Waals surface area contributed by atoms with Gasteiger partial charge in [-0.15, -0.1) is 0 Å². The van der Waals surface area contributed by atoms with Crippen LogP contribution in [-0.4, -0.2) is 34.4 Å². The minimum absolute atomic E-state index is 0.324. The summed E-state index contributed by atoms with van der Waals surface area (Å²) in [4.78, 5) is -3.20. The molecule has 0 spiro atoms. The van der Waals surface area contributed by atoms with Gasteiger partial charge in [-0.25, -0.2) is 8.42 Å². The molecule has 1 aromatic rings. The second-order valence-corrected chi connectivity index (χ2v) is 8.14. The third-order valence-corrected chi connectivity index (χ3v) is 5.48. The molecule has 9 nitrogen and oxygen atoms in total. The van der Waals surface area contributed by atoms with Crippen molar-refractivity contribution < 1.29 is 34.4 Å². The number of hydrogen-bond donors (Lipinski definition) is 3. The second kappa shape index (κ2) is 4.82. The highest BCUT2D eigenvalue weighted by atomic mass is 32.2. The van der Waals surface area contributed by atoms with Crippen LogP contribution in [0.1, 0.15) is 0 Å². The van der Waals surface area contributed by atoms with E-state index in [4.69, 9.17) is 14.8 Å². The molecule has 0 aromatic heterocycles. The van der Waals surface area contributed by atoms with Crippen LogP contribution in [0, 0.1) is 0 Å². The molecule has 0 aliphatic rings. The van der Waals surface area contributed by atoms with E-state index >= 15 is 0 Å². The monoisotopic (exact) mass is 343 g/mol. The van der Waals surface area contributed by atoms with Gasteiger partial charge in [-0.3, -0.25) is 9.11 Å². The van der Waals surface area contributed by atoms with Crippen LogP contribution < -0.4 is 5.73 Å². The Hall–Kier alpha value is -1.47. The summed E-state index contributed by atoms with van der Waals surface area (Å²) in [5, 5.41) is 0.348. The van der Waals surface area contributed by atoms with Gasteiger partial charge in [0.25, 0.3) is 20.2 Å². The lowest BCUT2D eigenvalue weighted by molar-refractivity contribution is 0.476. The zero-order chi connectivity index (χ0) is 15.9. The third-order valence-electron chi connectivity index (χ3n) is 2.16. The standard InChI is InChI=1S/C8H9NO8S3/c1-2-18(10,11)7-4-6(19(12,13)14)5(9)3-8(7)20(15,16)17/h2-4H,1,9H2,(H,12,13,14)(H,15,16,17). The molecule has 0 aliphatic carbocycles. The number of sulfone groups is 1. The lowest BCUT2D eigenvalue weighted by Gasteiger charge is -2.10. The van der Waals surface area contributed by atoms with Gasteiger partial charge in [0.1, 0.15) is 9.79 Å². The summed E-state index contributed by atoms with van der Waals surface area (Å²) < 4.78 is 85.4. The molecule has 0 unspecified atom stereocenters. The first-order valence-electron chi connectivity index (χ1n) is 4.56. The zero-order valence-corrected chi connectivity index (χ0v) is 12.0. The van der Waals surface area contributed by atoms with E-state index in [1.54, 1.807) is 0 Å². The highest BCUT2D eigenvalue weighted by Gasteiger charge is 2.28. The molecule has 0 bridgehead atoms. The van der Waals surface area contributed by atoms with E-state index in [1.807, 2.05) is 0 Å². The smallest absolute Gasteiger partial charge is 0.296 e. The second-order valence-electron chi connectivity index (χ2n) is 3.50. The Labute approximate surface area is 115 Å². The maximum Gasteiger partial charge on any atom is 0.296 e. The van der Waals surface area contributed by atoms with Gasteiger partial charge in [0.15, 0.2) is 0 Å². The van der Waals surface area contributed by atoms with E-state index in [9.17, 15) is 25.3 Å². The summed E-state index contributed by atoms with van der Waals surface area (Å²) in [6.45, 7) is 2.94. The predicted octanol–water partition coefficient (Wildman–Crippen LogP) is -0.321. The summed E-state index contributed by atoms with van der Waals surface area (Å²) in [6, 6.07) is 0.736. The van der Waals surface area contributed by atoms with Crippen molar-refractivity contribution >= 4 is 35.8 Å².